The SMILES string of the molecule is NCc1cnc(CN)c(OC2CC2)c1. The molecule has 4 N–H and O–H groups in total. The van der Waals surface area contributed by atoms with E-state index in [-0.39, 0.29) is 0 Å². The highest BCUT2D eigenvalue weighted by atomic mass is 16.5. The second-order valence-electron chi connectivity index (χ2n) is 3.51. The molecular weight excluding hydrogens is 178 g/mol. The molecule has 1 heterocycles. The second kappa shape index (κ2) is 3.94. The molecule has 4 heteroatoms. The Morgan fingerprint density at radius 2 is 2.14 bits per heavy atom. The van der Waals surface area contributed by atoms with Crippen molar-refractivity contribution < 1.29 is 4.74 Å². The normalized spacial score (nSPS) is 15.6. The van der Waals surface area contributed by atoms with Crippen molar-refractivity contribution in [1.82, 2.24) is 4.98 Å². The first-order valence-corrected chi connectivity index (χ1v) is 4.88. The molecule has 14 heavy (non-hydrogen) atoms. The van der Waals surface area contributed by atoms with Crippen LogP contribution in [0, 0.1) is 0 Å². The van der Waals surface area contributed by atoms with Gasteiger partial charge in [0.05, 0.1) is 11.8 Å². The van der Waals surface area contributed by atoms with E-state index in [9.17, 15) is 0 Å². The summed E-state index contributed by atoms with van der Waals surface area (Å²) in [6.45, 7) is 0.895. The lowest BCUT2D eigenvalue weighted by atomic mass is 10.2. The van der Waals surface area contributed by atoms with E-state index in [0.717, 1.165) is 29.8 Å². The number of hydrogen-bond acceptors (Lipinski definition) is 4. The van der Waals surface area contributed by atoms with Crippen molar-refractivity contribution in [2.45, 2.75) is 32.0 Å². The van der Waals surface area contributed by atoms with Crippen molar-refractivity contribution in [1.29, 1.82) is 0 Å². The van der Waals surface area contributed by atoms with Gasteiger partial charge in [-0.3, -0.25) is 4.98 Å². The molecule has 1 aliphatic carbocycles. The molecule has 1 fully saturated rings. The van der Waals surface area contributed by atoms with Crippen LogP contribution < -0.4 is 16.2 Å². The van der Waals surface area contributed by atoms with Crippen LogP contribution in [-0.2, 0) is 13.1 Å². The van der Waals surface area contributed by atoms with Gasteiger partial charge in [-0.15, -0.1) is 0 Å². The molecule has 0 aromatic carbocycles. The molecule has 1 aromatic rings. The van der Waals surface area contributed by atoms with E-state index in [0.29, 0.717) is 19.2 Å². The zero-order chi connectivity index (χ0) is 9.97. The first kappa shape index (κ1) is 9.43. The molecule has 0 aliphatic heterocycles. The summed E-state index contributed by atoms with van der Waals surface area (Å²) < 4.78 is 5.69. The van der Waals surface area contributed by atoms with Gasteiger partial charge in [-0.25, -0.2) is 0 Å². The van der Waals surface area contributed by atoms with Crippen LogP contribution in [0.3, 0.4) is 0 Å². The summed E-state index contributed by atoms with van der Waals surface area (Å²) in [4.78, 5) is 4.22. The van der Waals surface area contributed by atoms with E-state index in [1.165, 1.54) is 0 Å². The van der Waals surface area contributed by atoms with Gasteiger partial charge in [-0.2, -0.15) is 0 Å². The lowest BCUT2D eigenvalue weighted by Gasteiger charge is -2.09. The Morgan fingerprint density at radius 3 is 2.71 bits per heavy atom. The minimum absolute atomic E-state index is 0.370. The van der Waals surface area contributed by atoms with Crippen molar-refractivity contribution in [2.24, 2.45) is 11.5 Å². The Hall–Kier alpha value is -1.13. The second-order valence-corrected chi connectivity index (χ2v) is 3.51. The van der Waals surface area contributed by atoms with Crippen LogP contribution in [0.25, 0.3) is 0 Å². The molecule has 1 saturated carbocycles. The third-order valence-corrected chi connectivity index (χ3v) is 2.23. The summed E-state index contributed by atoms with van der Waals surface area (Å²) in [5, 5.41) is 0. The molecule has 1 aromatic heterocycles. The van der Waals surface area contributed by atoms with Crippen molar-refractivity contribution in [3.8, 4) is 5.75 Å². The van der Waals surface area contributed by atoms with Gasteiger partial charge in [-0.1, -0.05) is 0 Å². The maximum absolute atomic E-state index is 5.69. The van der Waals surface area contributed by atoms with E-state index in [2.05, 4.69) is 4.98 Å². The number of aromatic nitrogens is 1. The number of pyridine rings is 1. The molecule has 0 spiro atoms. The molecule has 0 unspecified atom stereocenters. The van der Waals surface area contributed by atoms with Crippen molar-refractivity contribution >= 4 is 0 Å². The number of hydrogen-bond donors (Lipinski definition) is 2. The molecular formula is C10H15N3O. The van der Waals surface area contributed by atoms with Gasteiger partial charge in [0.25, 0.3) is 0 Å². The Bertz CT molecular complexity index is 323. The van der Waals surface area contributed by atoms with Gasteiger partial charge in [0.2, 0.25) is 0 Å². The van der Waals surface area contributed by atoms with E-state index in [1.54, 1.807) is 6.20 Å². The van der Waals surface area contributed by atoms with Gasteiger partial charge in [-0.05, 0) is 24.5 Å². The molecule has 0 bridgehead atoms. The monoisotopic (exact) mass is 193 g/mol. The fourth-order valence-corrected chi connectivity index (χ4v) is 1.25. The predicted octanol–water partition coefficient (Wildman–Crippen LogP) is 0.540. The number of nitrogens with two attached hydrogens (primary N) is 2. The highest BCUT2D eigenvalue weighted by Gasteiger charge is 2.24. The minimum atomic E-state index is 0.370. The summed E-state index contributed by atoms with van der Waals surface area (Å²) in [6.07, 6.45) is 4.39. The van der Waals surface area contributed by atoms with Crippen LogP contribution in [-0.4, -0.2) is 11.1 Å². The van der Waals surface area contributed by atoms with Crippen molar-refractivity contribution in [3.05, 3.63) is 23.5 Å². The van der Waals surface area contributed by atoms with Crippen LogP contribution in [0.4, 0.5) is 0 Å². The van der Waals surface area contributed by atoms with Crippen molar-refractivity contribution in [2.75, 3.05) is 0 Å². The van der Waals surface area contributed by atoms with Crippen molar-refractivity contribution in [3.63, 3.8) is 0 Å². The molecule has 76 valence electrons. The molecule has 0 saturated heterocycles. The third-order valence-electron chi connectivity index (χ3n) is 2.23. The van der Waals surface area contributed by atoms with Gasteiger partial charge in [0.15, 0.2) is 0 Å². The zero-order valence-corrected chi connectivity index (χ0v) is 8.07. The predicted molar refractivity (Wildman–Crippen MR) is 53.7 cm³/mol. The Balaban J connectivity index is 2.21. The average Bonchev–Trinajstić information content (AvgIpc) is 3.01. The maximum Gasteiger partial charge on any atom is 0.142 e. The fraction of sp³-hybridized carbons (Fsp3) is 0.500. The Morgan fingerprint density at radius 1 is 1.36 bits per heavy atom. The van der Waals surface area contributed by atoms with E-state index < -0.39 is 0 Å². The molecule has 4 nitrogen and oxygen atoms in total. The van der Waals surface area contributed by atoms with Crippen LogP contribution >= 0.6 is 0 Å². The summed E-state index contributed by atoms with van der Waals surface area (Å²) in [5.41, 5.74) is 12.9. The lowest BCUT2D eigenvalue weighted by Crippen LogP contribution is -2.08. The highest BCUT2D eigenvalue weighted by molar-refractivity contribution is 5.32. The molecule has 0 atom stereocenters. The first-order valence-electron chi connectivity index (χ1n) is 4.88. The lowest BCUT2D eigenvalue weighted by molar-refractivity contribution is 0.298. The Labute approximate surface area is 83.3 Å². The number of nitrogens with zero attached hydrogens (tertiary/aromatic N) is 1. The minimum Gasteiger partial charge on any atom is -0.488 e. The van der Waals surface area contributed by atoms with E-state index in [4.69, 9.17) is 16.2 Å². The topological polar surface area (TPSA) is 74.2 Å². The quantitative estimate of drug-likeness (QED) is 0.732. The summed E-state index contributed by atoms with van der Waals surface area (Å²) in [5.74, 6) is 0.804. The smallest absolute Gasteiger partial charge is 0.142 e. The van der Waals surface area contributed by atoms with Gasteiger partial charge >= 0.3 is 0 Å². The van der Waals surface area contributed by atoms with Crippen LogP contribution in [0.2, 0.25) is 0 Å². The zero-order valence-electron chi connectivity index (χ0n) is 8.07. The van der Waals surface area contributed by atoms with Gasteiger partial charge in [0, 0.05) is 19.3 Å². The number of ether oxygens (including phenoxy) is 1. The van der Waals surface area contributed by atoms with E-state index in [1.807, 2.05) is 6.07 Å². The molecule has 0 radical (unpaired) electrons. The standard InChI is InChI=1S/C10H15N3O/c11-4-7-3-10(14-8-1-2-8)9(5-12)13-6-7/h3,6,8H,1-2,4-5,11-12H2. The van der Waals surface area contributed by atoms with Crippen LogP contribution in [0.5, 0.6) is 5.75 Å². The Kier molecular flexibility index (Phi) is 2.65. The van der Waals surface area contributed by atoms with Crippen LogP contribution in [0.1, 0.15) is 24.1 Å². The number of rotatable bonds is 4. The van der Waals surface area contributed by atoms with Gasteiger partial charge in [0.1, 0.15) is 5.75 Å². The molecule has 0 amide bonds. The molecule has 2 rings (SSSR count). The molecule has 1 aliphatic rings. The first-order chi connectivity index (χ1) is 6.83. The maximum atomic E-state index is 5.69. The largest absolute Gasteiger partial charge is 0.488 e. The van der Waals surface area contributed by atoms with E-state index >= 15 is 0 Å². The fourth-order valence-electron chi connectivity index (χ4n) is 1.25. The average molecular weight is 193 g/mol. The van der Waals surface area contributed by atoms with Crippen LogP contribution in [0.15, 0.2) is 12.3 Å². The summed E-state index contributed by atoms with van der Waals surface area (Å²) in [7, 11) is 0. The van der Waals surface area contributed by atoms with Gasteiger partial charge < -0.3 is 16.2 Å². The highest BCUT2D eigenvalue weighted by Crippen LogP contribution is 2.28. The summed E-state index contributed by atoms with van der Waals surface area (Å²) >= 11 is 0. The summed E-state index contributed by atoms with van der Waals surface area (Å²) in [6, 6.07) is 1.94. The third kappa shape index (κ3) is 2.02.